The molecular formula is C27H58O3Si. The fraction of sp³-hybridized carbons (Fsp3) is 1.00. The largest absolute Gasteiger partial charge is 0.414 e. The van der Waals surface area contributed by atoms with Gasteiger partial charge in [0.2, 0.25) is 0 Å². The minimum Gasteiger partial charge on any atom is -0.414 e. The number of aliphatic hydroxyl groups is 1. The first-order chi connectivity index (χ1) is 14.7. The first kappa shape index (κ1) is 31.1. The van der Waals surface area contributed by atoms with Gasteiger partial charge in [0.25, 0.3) is 0 Å². The van der Waals surface area contributed by atoms with Crippen LogP contribution in [0.5, 0.6) is 0 Å². The molecule has 4 heteroatoms. The number of hydrogen-bond acceptors (Lipinski definition) is 3. The van der Waals surface area contributed by atoms with Crippen LogP contribution in [-0.4, -0.2) is 39.3 Å². The van der Waals surface area contributed by atoms with E-state index in [2.05, 4.69) is 40.8 Å². The van der Waals surface area contributed by atoms with E-state index in [-0.39, 0.29) is 5.04 Å². The lowest BCUT2D eigenvalue weighted by molar-refractivity contribution is 0.00808. The molecule has 0 saturated heterocycles. The molecule has 0 aliphatic rings. The number of aliphatic hydroxyl groups excluding tert-OH is 1. The molecule has 0 spiro atoms. The molecule has 0 radical (unpaired) electrons. The SMILES string of the molecule is CCCCCCCCCCCCCCCCCCOC[C@@H](O)CO[Si](C)(C)C(C)(C)C. The third-order valence-corrected chi connectivity index (χ3v) is 11.4. The molecule has 3 nitrogen and oxygen atoms in total. The lowest BCUT2D eigenvalue weighted by atomic mass is 10.0. The highest BCUT2D eigenvalue weighted by molar-refractivity contribution is 6.74. The van der Waals surface area contributed by atoms with Crippen LogP contribution in [0, 0.1) is 0 Å². The van der Waals surface area contributed by atoms with E-state index in [4.69, 9.17) is 9.16 Å². The molecule has 0 heterocycles. The standard InChI is InChI=1S/C27H58O3Si/c1-7-8-9-10-11-12-13-14-15-16-17-18-19-20-21-22-23-29-24-26(28)25-30-31(5,6)27(2,3)4/h26,28H,7-25H2,1-6H3/t26-/m1/s1. The predicted octanol–water partition coefficient (Wildman–Crippen LogP) is 8.65. The van der Waals surface area contributed by atoms with Crippen LogP contribution in [0.2, 0.25) is 18.1 Å². The van der Waals surface area contributed by atoms with Crippen molar-refractivity contribution in [2.24, 2.45) is 0 Å². The van der Waals surface area contributed by atoms with Gasteiger partial charge in [-0.1, -0.05) is 124 Å². The van der Waals surface area contributed by atoms with E-state index in [1.165, 1.54) is 96.3 Å². The van der Waals surface area contributed by atoms with Gasteiger partial charge in [-0.15, -0.1) is 0 Å². The van der Waals surface area contributed by atoms with Crippen LogP contribution in [0.15, 0.2) is 0 Å². The van der Waals surface area contributed by atoms with E-state index in [1.54, 1.807) is 0 Å². The summed E-state index contributed by atoms with van der Waals surface area (Å²) in [6, 6.07) is 0. The van der Waals surface area contributed by atoms with Crippen molar-refractivity contribution < 1.29 is 14.3 Å². The van der Waals surface area contributed by atoms with Crippen molar-refractivity contribution >= 4 is 8.32 Å². The average molecular weight is 459 g/mol. The Morgan fingerprint density at radius 3 is 1.42 bits per heavy atom. The maximum absolute atomic E-state index is 10.1. The summed E-state index contributed by atoms with van der Waals surface area (Å²) in [5.74, 6) is 0. The zero-order chi connectivity index (χ0) is 23.4. The van der Waals surface area contributed by atoms with E-state index in [9.17, 15) is 5.11 Å². The second-order valence-corrected chi connectivity index (χ2v) is 15.9. The Morgan fingerprint density at radius 2 is 1.03 bits per heavy atom. The van der Waals surface area contributed by atoms with Crippen LogP contribution < -0.4 is 0 Å². The molecule has 0 rings (SSSR count). The summed E-state index contributed by atoms with van der Waals surface area (Å²) in [5, 5.41) is 10.3. The fourth-order valence-electron chi connectivity index (χ4n) is 3.54. The Bertz CT molecular complexity index is 379. The Balaban J connectivity index is 3.30. The molecule has 0 amide bonds. The highest BCUT2D eigenvalue weighted by atomic mass is 28.4. The molecule has 0 aromatic carbocycles. The predicted molar refractivity (Wildman–Crippen MR) is 140 cm³/mol. The summed E-state index contributed by atoms with van der Waals surface area (Å²) in [6.45, 7) is 14.9. The van der Waals surface area contributed by atoms with Gasteiger partial charge >= 0.3 is 0 Å². The highest BCUT2D eigenvalue weighted by Gasteiger charge is 2.37. The molecule has 0 unspecified atom stereocenters. The summed E-state index contributed by atoms with van der Waals surface area (Å²) in [7, 11) is -1.78. The number of ether oxygens (including phenoxy) is 1. The first-order valence-electron chi connectivity index (χ1n) is 13.6. The van der Waals surface area contributed by atoms with Crippen molar-refractivity contribution in [3.63, 3.8) is 0 Å². The van der Waals surface area contributed by atoms with Gasteiger partial charge in [-0.05, 0) is 24.6 Å². The summed E-state index contributed by atoms with van der Waals surface area (Å²) in [6.07, 6.45) is 21.6. The van der Waals surface area contributed by atoms with Gasteiger partial charge in [0.05, 0.1) is 19.3 Å². The molecule has 0 bridgehead atoms. The van der Waals surface area contributed by atoms with Crippen LogP contribution in [0.25, 0.3) is 0 Å². The van der Waals surface area contributed by atoms with E-state index in [0.29, 0.717) is 13.2 Å². The molecule has 0 aliphatic carbocycles. The fourth-order valence-corrected chi connectivity index (χ4v) is 4.58. The molecule has 0 aromatic rings. The van der Waals surface area contributed by atoms with Gasteiger partial charge in [0.1, 0.15) is 0 Å². The molecule has 0 fully saturated rings. The van der Waals surface area contributed by atoms with Gasteiger partial charge in [-0.25, -0.2) is 0 Å². The second kappa shape index (κ2) is 19.6. The lowest BCUT2D eigenvalue weighted by Crippen LogP contribution is -2.43. The third kappa shape index (κ3) is 19.3. The average Bonchev–Trinajstić information content (AvgIpc) is 2.70. The van der Waals surface area contributed by atoms with Gasteiger partial charge in [-0.3, -0.25) is 0 Å². The normalized spacial score (nSPS) is 13.6. The Labute approximate surface area is 197 Å². The Morgan fingerprint density at radius 1 is 0.645 bits per heavy atom. The van der Waals surface area contributed by atoms with E-state index in [1.807, 2.05) is 0 Å². The van der Waals surface area contributed by atoms with E-state index < -0.39 is 14.4 Å². The molecular weight excluding hydrogens is 400 g/mol. The molecule has 31 heavy (non-hydrogen) atoms. The molecule has 1 N–H and O–H groups in total. The molecule has 0 aromatic heterocycles. The van der Waals surface area contributed by atoms with Gasteiger partial charge in [-0.2, -0.15) is 0 Å². The van der Waals surface area contributed by atoms with Crippen molar-refractivity contribution in [2.75, 3.05) is 19.8 Å². The summed E-state index contributed by atoms with van der Waals surface area (Å²) >= 11 is 0. The van der Waals surface area contributed by atoms with Gasteiger partial charge < -0.3 is 14.3 Å². The van der Waals surface area contributed by atoms with Gasteiger partial charge in [0.15, 0.2) is 8.32 Å². The number of hydrogen-bond donors (Lipinski definition) is 1. The van der Waals surface area contributed by atoms with Crippen molar-refractivity contribution in [3.05, 3.63) is 0 Å². The monoisotopic (exact) mass is 458 g/mol. The first-order valence-corrected chi connectivity index (χ1v) is 16.5. The Hall–Kier alpha value is 0.0969. The van der Waals surface area contributed by atoms with Gasteiger partial charge in [0, 0.05) is 6.61 Å². The summed E-state index contributed by atoms with van der Waals surface area (Å²) in [5.41, 5.74) is 0. The highest BCUT2D eigenvalue weighted by Crippen LogP contribution is 2.36. The number of unbranched alkanes of at least 4 members (excludes halogenated alkanes) is 15. The number of rotatable bonds is 22. The maximum atomic E-state index is 10.1. The minimum atomic E-state index is -1.78. The molecule has 0 saturated carbocycles. The van der Waals surface area contributed by atoms with Crippen molar-refractivity contribution in [2.45, 2.75) is 155 Å². The maximum Gasteiger partial charge on any atom is 0.192 e. The zero-order valence-electron chi connectivity index (χ0n) is 22.3. The van der Waals surface area contributed by atoms with E-state index >= 15 is 0 Å². The zero-order valence-corrected chi connectivity index (χ0v) is 23.3. The van der Waals surface area contributed by atoms with Crippen LogP contribution in [0.1, 0.15) is 130 Å². The summed E-state index contributed by atoms with van der Waals surface area (Å²) < 4.78 is 11.7. The van der Waals surface area contributed by atoms with Crippen LogP contribution in [-0.2, 0) is 9.16 Å². The molecule has 188 valence electrons. The van der Waals surface area contributed by atoms with Crippen molar-refractivity contribution in [1.29, 1.82) is 0 Å². The molecule has 0 aliphatic heterocycles. The van der Waals surface area contributed by atoms with Crippen LogP contribution in [0.3, 0.4) is 0 Å². The minimum absolute atomic E-state index is 0.182. The van der Waals surface area contributed by atoms with E-state index in [0.717, 1.165) is 13.0 Å². The summed E-state index contributed by atoms with van der Waals surface area (Å²) in [4.78, 5) is 0. The Kier molecular flexibility index (Phi) is 19.6. The van der Waals surface area contributed by atoms with Crippen LogP contribution in [0.4, 0.5) is 0 Å². The third-order valence-electron chi connectivity index (χ3n) is 6.90. The lowest BCUT2D eigenvalue weighted by Gasteiger charge is -2.36. The van der Waals surface area contributed by atoms with Crippen molar-refractivity contribution in [1.82, 2.24) is 0 Å². The van der Waals surface area contributed by atoms with Crippen molar-refractivity contribution in [3.8, 4) is 0 Å². The van der Waals surface area contributed by atoms with Crippen LogP contribution >= 0.6 is 0 Å². The molecule has 1 atom stereocenters. The second-order valence-electron chi connectivity index (χ2n) is 11.1. The smallest absolute Gasteiger partial charge is 0.192 e. The quantitative estimate of drug-likeness (QED) is 0.130. The topological polar surface area (TPSA) is 38.7 Å².